The summed E-state index contributed by atoms with van der Waals surface area (Å²) in [6.45, 7) is 12.8. The highest BCUT2D eigenvalue weighted by molar-refractivity contribution is 5.84. The molecule has 1 heterocycles. The first kappa shape index (κ1) is 17.4. The van der Waals surface area contributed by atoms with Gasteiger partial charge in [0.2, 0.25) is 5.91 Å². The Hall–Kier alpha value is -0.610. The smallest absolute Gasteiger partial charge is 0.237 e. The average Bonchev–Trinajstić information content (AvgIpc) is 2.43. The first-order chi connectivity index (χ1) is 9.39. The van der Waals surface area contributed by atoms with Gasteiger partial charge in [0.05, 0.1) is 5.54 Å². The summed E-state index contributed by atoms with van der Waals surface area (Å²) in [5.41, 5.74) is 5.00. The molecule has 0 aliphatic carbocycles. The van der Waals surface area contributed by atoms with E-state index in [1.807, 2.05) is 6.92 Å². The highest BCUT2D eigenvalue weighted by Crippen LogP contribution is 2.25. The molecule has 1 unspecified atom stereocenters. The normalized spacial score (nSPS) is 21.1. The lowest BCUT2D eigenvalue weighted by molar-refractivity contribution is -0.124. The number of nitrogens with two attached hydrogens (primary N) is 1. The van der Waals surface area contributed by atoms with E-state index in [2.05, 4.69) is 31.0 Å². The molecule has 1 aliphatic heterocycles. The van der Waals surface area contributed by atoms with E-state index in [0.717, 1.165) is 50.9 Å². The van der Waals surface area contributed by atoms with Crippen LogP contribution in [0.2, 0.25) is 0 Å². The predicted molar refractivity (Wildman–Crippen MR) is 84.5 cm³/mol. The maximum atomic E-state index is 11.7. The lowest BCUT2D eigenvalue weighted by atomic mass is 9.86. The van der Waals surface area contributed by atoms with Gasteiger partial charge in [-0.2, -0.15) is 0 Å². The van der Waals surface area contributed by atoms with Crippen molar-refractivity contribution < 1.29 is 4.79 Å². The fourth-order valence-electron chi connectivity index (χ4n) is 2.92. The summed E-state index contributed by atoms with van der Waals surface area (Å²) in [5, 5.41) is 3.31. The number of nitrogens with zero attached hydrogens (tertiary/aromatic N) is 1. The fourth-order valence-corrected chi connectivity index (χ4v) is 2.92. The summed E-state index contributed by atoms with van der Waals surface area (Å²) < 4.78 is 0. The van der Waals surface area contributed by atoms with Gasteiger partial charge in [-0.25, -0.2) is 0 Å². The lowest BCUT2D eigenvalue weighted by Crippen LogP contribution is -2.55. The van der Waals surface area contributed by atoms with E-state index in [0.29, 0.717) is 0 Å². The lowest BCUT2D eigenvalue weighted by Gasteiger charge is -2.36. The maximum Gasteiger partial charge on any atom is 0.237 e. The van der Waals surface area contributed by atoms with Crippen molar-refractivity contribution >= 4 is 5.91 Å². The van der Waals surface area contributed by atoms with Crippen LogP contribution in [0.4, 0.5) is 0 Å². The van der Waals surface area contributed by atoms with Crippen LogP contribution in [0.25, 0.3) is 0 Å². The van der Waals surface area contributed by atoms with Crippen LogP contribution in [0.5, 0.6) is 0 Å². The van der Waals surface area contributed by atoms with E-state index in [-0.39, 0.29) is 5.91 Å². The van der Waals surface area contributed by atoms with Gasteiger partial charge in [0, 0.05) is 6.54 Å². The Bertz CT molecular complexity index is 298. The van der Waals surface area contributed by atoms with Crippen LogP contribution in [-0.4, -0.2) is 42.5 Å². The summed E-state index contributed by atoms with van der Waals surface area (Å²) in [6.07, 6.45) is 4.39. The van der Waals surface area contributed by atoms with Crippen molar-refractivity contribution in [3.63, 3.8) is 0 Å². The number of rotatable bonds is 8. The SMILES string of the molecule is CCCNC(C)(CCN1CCC(C(C)C)CC1)C(N)=O. The molecule has 3 N–H and O–H groups in total. The van der Waals surface area contributed by atoms with Gasteiger partial charge in [0.15, 0.2) is 0 Å². The molecule has 1 amide bonds. The van der Waals surface area contributed by atoms with Crippen LogP contribution in [0.15, 0.2) is 0 Å². The van der Waals surface area contributed by atoms with Crippen LogP contribution >= 0.6 is 0 Å². The van der Waals surface area contributed by atoms with Crippen LogP contribution in [-0.2, 0) is 4.79 Å². The van der Waals surface area contributed by atoms with E-state index >= 15 is 0 Å². The molecule has 0 saturated carbocycles. The number of amides is 1. The monoisotopic (exact) mass is 283 g/mol. The molecule has 1 atom stereocenters. The molecule has 0 radical (unpaired) electrons. The van der Waals surface area contributed by atoms with E-state index < -0.39 is 5.54 Å². The summed E-state index contributed by atoms with van der Waals surface area (Å²) >= 11 is 0. The Morgan fingerprint density at radius 2 is 2.00 bits per heavy atom. The van der Waals surface area contributed by atoms with E-state index in [1.165, 1.54) is 12.8 Å². The summed E-state index contributed by atoms with van der Waals surface area (Å²) in [7, 11) is 0. The maximum absolute atomic E-state index is 11.7. The van der Waals surface area contributed by atoms with Gasteiger partial charge in [-0.05, 0) is 64.1 Å². The minimum atomic E-state index is -0.565. The van der Waals surface area contributed by atoms with Crippen LogP contribution in [0, 0.1) is 11.8 Å². The van der Waals surface area contributed by atoms with E-state index in [9.17, 15) is 4.79 Å². The quantitative estimate of drug-likeness (QED) is 0.716. The number of primary amides is 1. The van der Waals surface area contributed by atoms with Crippen LogP contribution in [0.3, 0.4) is 0 Å². The molecule has 0 aromatic heterocycles. The van der Waals surface area contributed by atoms with Crippen molar-refractivity contribution in [3.05, 3.63) is 0 Å². The van der Waals surface area contributed by atoms with Gasteiger partial charge < -0.3 is 16.0 Å². The number of carbonyl (C=O) groups is 1. The van der Waals surface area contributed by atoms with E-state index in [4.69, 9.17) is 5.73 Å². The van der Waals surface area contributed by atoms with E-state index in [1.54, 1.807) is 0 Å². The number of carbonyl (C=O) groups excluding carboxylic acids is 1. The Balaban J connectivity index is 2.39. The number of hydrogen-bond acceptors (Lipinski definition) is 3. The molecule has 4 heteroatoms. The molecule has 0 bridgehead atoms. The molecule has 1 rings (SSSR count). The first-order valence-electron chi connectivity index (χ1n) is 8.16. The highest BCUT2D eigenvalue weighted by atomic mass is 16.1. The van der Waals surface area contributed by atoms with Gasteiger partial charge >= 0.3 is 0 Å². The van der Waals surface area contributed by atoms with Crippen molar-refractivity contribution in [3.8, 4) is 0 Å². The second-order valence-corrected chi connectivity index (χ2v) is 6.80. The number of piperidine rings is 1. The second kappa shape index (κ2) is 7.99. The Morgan fingerprint density at radius 1 is 1.40 bits per heavy atom. The topological polar surface area (TPSA) is 58.4 Å². The van der Waals surface area contributed by atoms with Gasteiger partial charge in [0.25, 0.3) is 0 Å². The van der Waals surface area contributed by atoms with Gasteiger partial charge in [-0.15, -0.1) is 0 Å². The fraction of sp³-hybridized carbons (Fsp3) is 0.938. The summed E-state index contributed by atoms with van der Waals surface area (Å²) in [6, 6.07) is 0. The predicted octanol–water partition coefficient (Wildman–Crippen LogP) is 1.99. The van der Waals surface area contributed by atoms with Crippen LogP contribution < -0.4 is 11.1 Å². The van der Waals surface area contributed by atoms with Gasteiger partial charge in [-0.1, -0.05) is 20.8 Å². The molecular formula is C16H33N3O. The van der Waals surface area contributed by atoms with Crippen molar-refractivity contribution in [2.24, 2.45) is 17.6 Å². The Labute approximate surface area is 124 Å². The van der Waals surface area contributed by atoms with Gasteiger partial charge in [-0.3, -0.25) is 4.79 Å². The van der Waals surface area contributed by atoms with Crippen molar-refractivity contribution in [2.45, 2.75) is 58.9 Å². The molecule has 4 nitrogen and oxygen atoms in total. The second-order valence-electron chi connectivity index (χ2n) is 6.80. The van der Waals surface area contributed by atoms with Crippen LogP contribution in [0.1, 0.15) is 53.4 Å². The largest absolute Gasteiger partial charge is 0.368 e. The molecule has 0 aromatic rings. The molecule has 0 aromatic carbocycles. The molecular weight excluding hydrogens is 250 g/mol. The standard InChI is InChI=1S/C16H33N3O/c1-5-9-18-16(4,15(17)20)8-12-19-10-6-14(7-11-19)13(2)3/h13-14,18H,5-12H2,1-4H3,(H2,17,20). The minimum Gasteiger partial charge on any atom is -0.368 e. The third-order valence-corrected chi connectivity index (χ3v) is 4.81. The molecule has 0 spiro atoms. The van der Waals surface area contributed by atoms with Crippen molar-refractivity contribution in [1.82, 2.24) is 10.2 Å². The number of likely N-dealkylation sites (tertiary alicyclic amines) is 1. The molecule has 20 heavy (non-hydrogen) atoms. The Morgan fingerprint density at radius 3 is 2.45 bits per heavy atom. The zero-order chi connectivity index (χ0) is 15.2. The highest BCUT2D eigenvalue weighted by Gasteiger charge is 2.31. The molecule has 118 valence electrons. The minimum absolute atomic E-state index is 0.233. The third-order valence-electron chi connectivity index (χ3n) is 4.81. The van der Waals surface area contributed by atoms with Crippen molar-refractivity contribution in [1.29, 1.82) is 0 Å². The molecule has 1 aliphatic rings. The summed E-state index contributed by atoms with van der Waals surface area (Å²) in [4.78, 5) is 14.2. The molecule has 1 fully saturated rings. The third kappa shape index (κ3) is 5.06. The van der Waals surface area contributed by atoms with Crippen molar-refractivity contribution in [2.75, 3.05) is 26.2 Å². The summed E-state index contributed by atoms with van der Waals surface area (Å²) in [5.74, 6) is 1.43. The number of nitrogens with one attached hydrogen (secondary N) is 1. The van der Waals surface area contributed by atoms with Gasteiger partial charge in [0.1, 0.15) is 0 Å². The number of hydrogen-bond donors (Lipinski definition) is 2. The zero-order valence-corrected chi connectivity index (χ0v) is 13.7. The molecule has 1 saturated heterocycles. The average molecular weight is 283 g/mol. The zero-order valence-electron chi connectivity index (χ0n) is 13.7. The Kier molecular flexibility index (Phi) is 6.96. The first-order valence-corrected chi connectivity index (χ1v) is 8.16.